The number of carbonyl (C=O) groups is 1. The Balaban J connectivity index is 1.40. The molecule has 0 radical (unpaired) electrons. The minimum Gasteiger partial charge on any atom is -0.490 e. The summed E-state index contributed by atoms with van der Waals surface area (Å²) in [6, 6.07) is 7.09. The molecule has 5 rings (SSSR count). The van der Waals surface area contributed by atoms with Crippen LogP contribution >= 0.6 is 0 Å². The summed E-state index contributed by atoms with van der Waals surface area (Å²) in [5.41, 5.74) is 0.842. The van der Waals surface area contributed by atoms with Gasteiger partial charge in [0.15, 0.2) is 5.82 Å². The van der Waals surface area contributed by atoms with Crippen molar-refractivity contribution in [3.8, 4) is 5.75 Å². The Bertz CT molecular complexity index is 1470. The third-order valence-electron chi connectivity index (χ3n) is 6.61. The fourth-order valence-electron chi connectivity index (χ4n) is 4.74. The van der Waals surface area contributed by atoms with E-state index in [2.05, 4.69) is 15.5 Å². The second-order valence-electron chi connectivity index (χ2n) is 9.30. The molecule has 0 unspecified atom stereocenters. The molecule has 37 heavy (non-hydrogen) atoms. The van der Waals surface area contributed by atoms with E-state index in [0.717, 1.165) is 22.1 Å². The number of benzene rings is 2. The number of aliphatic hydroxyl groups excluding tert-OH is 1. The molecular formula is C24H25F2N5O5S. The second-order valence-corrected chi connectivity index (χ2v) is 11.2. The lowest BCUT2D eigenvalue weighted by Gasteiger charge is -2.31. The van der Waals surface area contributed by atoms with Crippen LogP contribution in [0.2, 0.25) is 0 Å². The van der Waals surface area contributed by atoms with Crippen LogP contribution < -0.4 is 15.0 Å². The summed E-state index contributed by atoms with van der Waals surface area (Å²) >= 11 is 0. The number of anilines is 2. The zero-order valence-corrected chi connectivity index (χ0v) is 20.9. The molecule has 0 bridgehead atoms. The fraction of sp³-hybridized carbons (Fsp3) is 0.333. The highest BCUT2D eigenvalue weighted by atomic mass is 32.2. The van der Waals surface area contributed by atoms with Gasteiger partial charge in [-0.25, -0.2) is 17.2 Å². The first kappa shape index (κ1) is 25.1. The van der Waals surface area contributed by atoms with E-state index in [1.807, 2.05) is 4.90 Å². The van der Waals surface area contributed by atoms with Gasteiger partial charge < -0.3 is 20.1 Å². The van der Waals surface area contributed by atoms with Gasteiger partial charge in [0.05, 0.1) is 35.0 Å². The number of nitrogens with one attached hydrogen (secondary N) is 2. The number of sulfonamides is 1. The number of β-amino-alcohol motifs (C(OH)–C–C–N with tert-alkyl or cyclic N) is 1. The topological polar surface area (TPSA) is 128 Å². The van der Waals surface area contributed by atoms with E-state index in [1.165, 1.54) is 0 Å². The maximum atomic E-state index is 13.8. The van der Waals surface area contributed by atoms with Gasteiger partial charge >= 0.3 is 0 Å². The molecule has 0 aliphatic carbocycles. The van der Waals surface area contributed by atoms with Gasteiger partial charge in [0, 0.05) is 30.3 Å². The Labute approximate surface area is 211 Å². The smallest absolute Gasteiger partial charge is 0.257 e. The highest BCUT2D eigenvalue weighted by Gasteiger charge is 2.48. The number of ether oxygens (including phenoxy) is 1. The van der Waals surface area contributed by atoms with Crippen molar-refractivity contribution in [2.75, 3.05) is 36.5 Å². The van der Waals surface area contributed by atoms with Crippen molar-refractivity contribution in [1.29, 1.82) is 0 Å². The van der Waals surface area contributed by atoms with E-state index >= 15 is 0 Å². The number of fused-ring (bicyclic) bond motifs is 2. The van der Waals surface area contributed by atoms with Gasteiger partial charge in [-0.15, -0.1) is 0 Å². The van der Waals surface area contributed by atoms with Crippen molar-refractivity contribution in [2.24, 2.45) is 0 Å². The van der Waals surface area contributed by atoms with Crippen molar-refractivity contribution in [3.05, 3.63) is 64.9 Å². The molecular weight excluding hydrogens is 508 g/mol. The van der Waals surface area contributed by atoms with Crippen LogP contribution in [0.3, 0.4) is 0 Å². The molecule has 196 valence electrons. The van der Waals surface area contributed by atoms with E-state index in [0.29, 0.717) is 48.3 Å². The summed E-state index contributed by atoms with van der Waals surface area (Å²) < 4.78 is 61.0. The quantitative estimate of drug-likeness (QED) is 0.444. The summed E-state index contributed by atoms with van der Waals surface area (Å²) in [6.45, 7) is 4.57. The van der Waals surface area contributed by atoms with Gasteiger partial charge in [-0.2, -0.15) is 9.40 Å². The Morgan fingerprint density at radius 1 is 1.22 bits per heavy atom. The highest BCUT2D eigenvalue weighted by Crippen LogP contribution is 2.44. The summed E-state index contributed by atoms with van der Waals surface area (Å²) in [7, 11) is -4.29. The van der Waals surface area contributed by atoms with Crippen LogP contribution in [-0.2, 0) is 22.1 Å². The van der Waals surface area contributed by atoms with E-state index in [4.69, 9.17) is 4.74 Å². The van der Waals surface area contributed by atoms with Crippen molar-refractivity contribution in [1.82, 2.24) is 14.5 Å². The number of aromatic amines is 1. The van der Waals surface area contributed by atoms with Crippen molar-refractivity contribution in [3.63, 3.8) is 0 Å². The Kier molecular flexibility index (Phi) is 6.16. The van der Waals surface area contributed by atoms with Crippen LogP contribution in [0.25, 0.3) is 0 Å². The summed E-state index contributed by atoms with van der Waals surface area (Å²) in [4.78, 5) is 14.5. The van der Waals surface area contributed by atoms with Gasteiger partial charge in [-0.1, -0.05) is 0 Å². The van der Waals surface area contributed by atoms with Crippen LogP contribution in [0.15, 0.2) is 41.3 Å². The average molecular weight is 534 g/mol. The molecule has 1 amide bonds. The van der Waals surface area contributed by atoms with Crippen molar-refractivity contribution >= 4 is 27.4 Å². The number of carbonyl (C=O) groups excluding carboxylic acids is 1. The van der Waals surface area contributed by atoms with Gasteiger partial charge in [0.25, 0.3) is 5.91 Å². The predicted molar refractivity (Wildman–Crippen MR) is 130 cm³/mol. The minimum atomic E-state index is -4.29. The predicted octanol–water partition coefficient (Wildman–Crippen LogP) is 2.57. The van der Waals surface area contributed by atoms with E-state index in [9.17, 15) is 27.1 Å². The maximum absolute atomic E-state index is 13.8. The number of rotatable bonds is 6. The zero-order chi connectivity index (χ0) is 26.5. The van der Waals surface area contributed by atoms with E-state index in [-0.39, 0.29) is 19.0 Å². The van der Waals surface area contributed by atoms with Crippen LogP contribution in [0.5, 0.6) is 5.75 Å². The molecule has 0 fully saturated rings. The molecule has 3 heterocycles. The molecule has 0 saturated carbocycles. The first-order valence-corrected chi connectivity index (χ1v) is 13.0. The Hall–Kier alpha value is -3.55. The second kappa shape index (κ2) is 9.08. The Morgan fingerprint density at radius 3 is 2.65 bits per heavy atom. The molecule has 1 aromatic heterocycles. The summed E-state index contributed by atoms with van der Waals surface area (Å²) in [5, 5.41) is 19.0. The van der Waals surface area contributed by atoms with Crippen LogP contribution in [-0.4, -0.2) is 60.2 Å². The SMILES string of the molecule is CC1(C)c2[nH]nc(NC(=O)c3ccc4c(c3)OCCN4CCO)c2CN1S(=O)(=O)c1cc(F)cc(F)c1. The third-order valence-corrected chi connectivity index (χ3v) is 8.61. The number of halogens is 2. The van der Waals surface area contributed by atoms with Crippen molar-refractivity contribution < 1.29 is 31.8 Å². The number of nitrogens with zero attached hydrogens (tertiary/aromatic N) is 3. The fourth-order valence-corrected chi connectivity index (χ4v) is 6.50. The summed E-state index contributed by atoms with van der Waals surface area (Å²) in [5.74, 6) is -1.82. The molecule has 0 atom stereocenters. The van der Waals surface area contributed by atoms with Crippen LogP contribution in [0.4, 0.5) is 20.3 Å². The number of aliphatic hydroxyl groups is 1. The lowest BCUT2D eigenvalue weighted by atomic mass is 10.0. The monoisotopic (exact) mass is 533 g/mol. The first-order valence-electron chi connectivity index (χ1n) is 11.5. The van der Waals surface area contributed by atoms with E-state index < -0.39 is 38.0 Å². The summed E-state index contributed by atoms with van der Waals surface area (Å²) in [6.07, 6.45) is 0. The maximum Gasteiger partial charge on any atom is 0.257 e. The number of hydrogen-bond donors (Lipinski definition) is 3. The average Bonchev–Trinajstić information content (AvgIpc) is 3.36. The molecule has 0 saturated heterocycles. The molecule has 13 heteroatoms. The standard InChI is InChI=1S/C24H25F2N5O5S/c1-24(2)21-18(13-31(24)37(34,35)17-11-15(25)10-16(26)12-17)22(29-28-21)27-23(33)14-3-4-19-20(9-14)36-8-6-30(19)5-7-32/h3-4,9-12,32H,5-8,13H2,1-2H3,(H2,27,28,29,33). The molecule has 2 aliphatic heterocycles. The molecule has 2 aromatic carbocycles. The van der Waals surface area contributed by atoms with Crippen molar-refractivity contribution in [2.45, 2.75) is 30.8 Å². The molecule has 0 spiro atoms. The zero-order valence-electron chi connectivity index (χ0n) is 20.1. The van der Waals surface area contributed by atoms with E-state index in [1.54, 1.807) is 32.0 Å². The molecule has 10 nitrogen and oxygen atoms in total. The van der Waals surface area contributed by atoms with Crippen LogP contribution in [0.1, 0.15) is 35.5 Å². The van der Waals surface area contributed by atoms with Gasteiger partial charge in [0.2, 0.25) is 10.0 Å². The number of H-pyrrole nitrogens is 1. The van der Waals surface area contributed by atoms with Gasteiger partial charge in [0.1, 0.15) is 24.0 Å². The van der Waals surface area contributed by atoms with Gasteiger partial charge in [-0.05, 0) is 44.2 Å². The number of hydrogen-bond acceptors (Lipinski definition) is 7. The normalized spacial score (nSPS) is 16.7. The molecule has 3 N–H and O–H groups in total. The lowest BCUT2D eigenvalue weighted by Crippen LogP contribution is -2.40. The third kappa shape index (κ3) is 4.32. The lowest BCUT2D eigenvalue weighted by molar-refractivity contribution is 0.102. The number of aromatic nitrogens is 2. The molecule has 2 aliphatic rings. The minimum absolute atomic E-state index is 0.0107. The van der Waals surface area contributed by atoms with Gasteiger partial charge in [-0.3, -0.25) is 9.89 Å². The first-order chi connectivity index (χ1) is 17.5. The molecule has 3 aromatic rings. The number of amides is 1. The largest absolute Gasteiger partial charge is 0.490 e. The van der Waals surface area contributed by atoms with Crippen LogP contribution in [0, 0.1) is 11.6 Å². The Morgan fingerprint density at radius 2 is 1.95 bits per heavy atom. The highest BCUT2D eigenvalue weighted by molar-refractivity contribution is 7.89.